The van der Waals surface area contributed by atoms with E-state index in [0.29, 0.717) is 56.3 Å². The van der Waals surface area contributed by atoms with Crippen molar-refractivity contribution in [3.8, 4) is 34.1 Å². The molecule has 0 atom stereocenters. The number of anilines is 2. The van der Waals surface area contributed by atoms with E-state index in [1.807, 2.05) is 84.9 Å². The van der Waals surface area contributed by atoms with E-state index < -0.39 is 0 Å². The van der Waals surface area contributed by atoms with Gasteiger partial charge in [0.2, 0.25) is 0 Å². The van der Waals surface area contributed by atoms with Gasteiger partial charge in [-0.25, -0.2) is 9.97 Å². The minimum absolute atomic E-state index is 0.0148. The van der Waals surface area contributed by atoms with Crippen LogP contribution < -0.4 is 10.1 Å². The summed E-state index contributed by atoms with van der Waals surface area (Å²) in [7, 11) is 0. The molecular weight excluding hydrogens is 594 g/mol. The number of rotatable bonds is 8. The van der Waals surface area contributed by atoms with Crippen LogP contribution in [0.5, 0.6) is 11.5 Å². The number of benzene rings is 5. The molecule has 0 saturated carbocycles. The Balaban J connectivity index is 1.44. The fraction of sp³-hybridized carbons (Fsp3) is 0.190. The second kappa shape index (κ2) is 11.9. The summed E-state index contributed by atoms with van der Waals surface area (Å²) in [6, 6.07) is 34.6. The van der Waals surface area contributed by atoms with Gasteiger partial charge in [-0.15, -0.1) is 0 Å². The van der Waals surface area contributed by atoms with E-state index in [1.165, 1.54) is 5.56 Å². The van der Waals surface area contributed by atoms with Gasteiger partial charge < -0.3 is 10.1 Å². The predicted octanol–water partition coefficient (Wildman–Crippen LogP) is 10.6. The van der Waals surface area contributed by atoms with Crippen LogP contribution in [0.25, 0.3) is 33.5 Å². The number of nitrogens with zero attached hydrogens (tertiary/aromatic N) is 2. The minimum atomic E-state index is -0.106. The maximum atomic E-state index is 14.3. The Morgan fingerprint density at radius 3 is 2.10 bits per heavy atom. The fourth-order valence-corrected chi connectivity index (χ4v) is 6.96. The average Bonchev–Trinajstić information content (AvgIpc) is 3.07. The van der Waals surface area contributed by atoms with Crippen LogP contribution in [0.4, 0.5) is 11.4 Å². The first kappa shape index (κ1) is 31.0. The van der Waals surface area contributed by atoms with E-state index in [-0.39, 0.29) is 16.6 Å². The lowest BCUT2D eigenvalue weighted by Crippen LogP contribution is -2.24. The van der Waals surface area contributed by atoms with Crippen molar-refractivity contribution in [2.45, 2.75) is 46.5 Å². The van der Waals surface area contributed by atoms with Gasteiger partial charge in [-0.2, -0.15) is 0 Å². The molecule has 0 bridgehead atoms. The van der Waals surface area contributed by atoms with Gasteiger partial charge in [0.1, 0.15) is 17.6 Å². The number of carbonyl (C=O) groups is 2. The zero-order valence-electron chi connectivity index (χ0n) is 27.8. The molecule has 0 spiro atoms. The van der Waals surface area contributed by atoms with E-state index in [0.717, 1.165) is 29.5 Å². The summed E-state index contributed by atoms with van der Waals surface area (Å²) in [5.41, 5.74) is 7.16. The Labute approximate surface area is 280 Å². The summed E-state index contributed by atoms with van der Waals surface area (Å²) in [6.07, 6.45) is 1.85. The highest BCUT2D eigenvalue weighted by Crippen LogP contribution is 2.47. The van der Waals surface area contributed by atoms with Crippen LogP contribution >= 0.6 is 0 Å². The maximum absolute atomic E-state index is 14.3. The number of aromatic nitrogens is 2. The molecule has 1 aliphatic carbocycles. The third-order valence-corrected chi connectivity index (χ3v) is 8.78. The fourth-order valence-electron chi connectivity index (χ4n) is 6.96. The summed E-state index contributed by atoms with van der Waals surface area (Å²) in [4.78, 5) is 35.7. The number of carbonyl (C=O) groups excluding carboxylic acids is 2. The molecule has 238 valence electrons. The Morgan fingerprint density at radius 2 is 1.44 bits per heavy atom. The molecule has 0 unspecified atom stereocenters. The van der Waals surface area contributed by atoms with Gasteiger partial charge in [-0.1, -0.05) is 113 Å². The van der Waals surface area contributed by atoms with Gasteiger partial charge in [-0.3, -0.25) is 9.59 Å². The second-order valence-corrected chi connectivity index (χ2v) is 14.3. The van der Waals surface area contributed by atoms with E-state index in [2.05, 4.69) is 52.1 Å². The second-order valence-electron chi connectivity index (χ2n) is 14.3. The van der Waals surface area contributed by atoms with Crippen LogP contribution in [0.2, 0.25) is 0 Å². The van der Waals surface area contributed by atoms with Gasteiger partial charge in [0.05, 0.1) is 16.9 Å². The van der Waals surface area contributed by atoms with Crippen molar-refractivity contribution in [3.63, 3.8) is 0 Å². The molecule has 1 heterocycles. The SMILES string of the molecule is CC(C)(C)CC(C)(C)c1ccc(Oc2cc(Nc3ccccc3)c3c4c(nc(-c5ccc(C=O)cc5)nc24)-c2ccccc2C3=O)cc1. The number of ketones is 1. The standard InChI is InChI=1S/C42H37N3O3/c1-41(2,3)25-42(4,5)28-19-21-30(22-20-28)48-34-23-33(43-29-11-7-6-8-12-29)35-36-37(31-13-9-10-14-32(31)39(35)47)44-40(45-38(34)36)27-17-15-26(24-46)16-18-27/h6-24,43H,25H2,1-5H3. The van der Waals surface area contributed by atoms with Gasteiger partial charge in [0.25, 0.3) is 0 Å². The summed E-state index contributed by atoms with van der Waals surface area (Å²) < 4.78 is 6.68. The van der Waals surface area contributed by atoms with Crippen molar-refractivity contribution in [2.75, 3.05) is 5.32 Å². The highest BCUT2D eigenvalue weighted by atomic mass is 16.5. The van der Waals surface area contributed by atoms with Crippen molar-refractivity contribution in [1.82, 2.24) is 9.97 Å². The normalized spacial score (nSPS) is 12.5. The molecule has 0 aliphatic heterocycles. The number of hydrogen-bond acceptors (Lipinski definition) is 6. The van der Waals surface area contributed by atoms with Crippen LogP contribution in [-0.4, -0.2) is 22.0 Å². The molecule has 6 nitrogen and oxygen atoms in total. The number of ether oxygens (including phenoxy) is 1. The van der Waals surface area contributed by atoms with E-state index in [1.54, 1.807) is 12.1 Å². The summed E-state index contributed by atoms with van der Waals surface area (Å²) in [5.74, 6) is 1.52. The van der Waals surface area contributed by atoms with E-state index in [9.17, 15) is 9.59 Å². The number of para-hydroxylation sites is 1. The number of hydrogen-bond donors (Lipinski definition) is 1. The van der Waals surface area contributed by atoms with Crippen molar-refractivity contribution in [1.29, 1.82) is 0 Å². The molecular formula is C42H37N3O3. The first-order valence-corrected chi connectivity index (χ1v) is 16.2. The molecule has 0 saturated heterocycles. The van der Waals surface area contributed by atoms with Crippen molar-refractivity contribution >= 4 is 34.3 Å². The molecule has 0 fully saturated rings. The molecule has 1 aromatic heterocycles. The Hall–Kier alpha value is -5.62. The molecule has 0 amide bonds. The summed E-state index contributed by atoms with van der Waals surface area (Å²) in [6.45, 7) is 11.3. The Kier molecular flexibility index (Phi) is 7.67. The van der Waals surface area contributed by atoms with E-state index in [4.69, 9.17) is 14.7 Å². The number of nitrogens with one attached hydrogen (secondary N) is 1. The van der Waals surface area contributed by atoms with Crippen molar-refractivity contribution in [3.05, 3.63) is 131 Å². The molecule has 1 N–H and O–H groups in total. The molecule has 7 rings (SSSR count). The van der Waals surface area contributed by atoms with Gasteiger partial charge >= 0.3 is 0 Å². The van der Waals surface area contributed by atoms with Gasteiger partial charge in [-0.05, 0) is 47.1 Å². The molecule has 6 aromatic rings. The zero-order chi connectivity index (χ0) is 33.6. The van der Waals surface area contributed by atoms with Crippen LogP contribution in [0.3, 0.4) is 0 Å². The lowest BCUT2D eigenvalue weighted by molar-refractivity contribution is 0.104. The number of aldehydes is 1. The van der Waals surface area contributed by atoms with Gasteiger partial charge in [0.15, 0.2) is 17.4 Å². The topological polar surface area (TPSA) is 81.2 Å². The highest BCUT2D eigenvalue weighted by molar-refractivity contribution is 6.28. The van der Waals surface area contributed by atoms with E-state index >= 15 is 0 Å². The van der Waals surface area contributed by atoms with Crippen LogP contribution in [0.15, 0.2) is 109 Å². The minimum Gasteiger partial charge on any atom is -0.455 e. The summed E-state index contributed by atoms with van der Waals surface area (Å²) in [5, 5.41) is 4.11. The Bertz CT molecular complexity index is 2180. The van der Waals surface area contributed by atoms with Crippen LogP contribution in [0.1, 0.15) is 72.9 Å². The first-order valence-electron chi connectivity index (χ1n) is 16.2. The smallest absolute Gasteiger partial charge is 0.196 e. The monoisotopic (exact) mass is 631 g/mol. The molecule has 5 aromatic carbocycles. The maximum Gasteiger partial charge on any atom is 0.196 e. The quantitative estimate of drug-likeness (QED) is 0.168. The van der Waals surface area contributed by atoms with Crippen LogP contribution in [-0.2, 0) is 5.41 Å². The lowest BCUT2D eigenvalue weighted by Gasteiger charge is -2.33. The predicted molar refractivity (Wildman–Crippen MR) is 193 cm³/mol. The Morgan fingerprint density at radius 1 is 0.771 bits per heavy atom. The number of fused-ring (bicyclic) bond motifs is 2. The zero-order valence-corrected chi connectivity index (χ0v) is 27.8. The molecule has 48 heavy (non-hydrogen) atoms. The summed E-state index contributed by atoms with van der Waals surface area (Å²) >= 11 is 0. The third-order valence-electron chi connectivity index (χ3n) is 8.78. The first-order chi connectivity index (χ1) is 23.0. The van der Waals surface area contributed by atoms with Crippen molar-refractivity contribution in [2.24, 2.45) is 5.41 Å². The van der Waals surface area contributed by atoms with Crippen LogP contribution in [0, 0.1) is 5.41 Å². The third kappa shape index (κ3) is 5.86. The van der Waals surface area contributed by atoms with Crippen molar-refractivity contribution < 1.29 is 14.3 Å². The largest absolute Gasteiger partial charge is 0.455 e. The molecule has 0 radical (unpaired) electrons. The molecule has 6 heteroatoms. The average molecular weight is 632 g/mol. The molecule has 1 aliphatic rings. The van der Waals surface area contributed by atoms with Gasteiger partial charge in [0, 0.05) is 39.4 Å². The lowest BCUT2D eigenvalue weighted by atomic mass is 9.72. The highest BCUT2D eigenvalue weighted by Gasteiger charge is 2.32.